The molecule has 0 bridgehead atoms. The van der Waals surface area contributed by atoms with Gasteiger partial charge in [0.15, 0.2) is 0 Å². The first-order valence-corrected chi connectivity index (χ1v) is 13.1. The molecule has 4 aromatic carbocycles. The van der Waals surface area contributed by atoms with E-state index < -0.39 is 6.10 Å². The Morgan fingerprint density at radius 1 is 0.730 bits per heavy atom. The number of piperidine rings is 1. The minimum absolute atomic E-state index is 0.0952. The number of hydrogen-bond acceptors (Lipinski definition) is 5. The Bertz CT molecular complexity index is 1240. The molecule has 3 atom stereocenters. The first kappa shape index (κ1) is 25.4. The van der Waals surface area contributed by atoms with Gasteiger partial charge in [0.05, 0.1) is 38.6 Å². The topological polar surface area (TPSA) is 60.0 Å². The zero-order chi connectivity index (χ0) is 25.3. The molecule has 1 aliphatic rings. The third-order valence-corrected chi connectivity index (χ3v) is 6.87. The smallest absolute Gasteiger partial charge is 0.119 e. The van der Waals surface area contributed by atoms with Crippen LogP contribution >= 0.6 is 0 Å². The minimum Gasteiger partial charge on any atom is -0.494 e. The van der Waals surface area contributed by atoms with E-state index in [-0.39, 0.29) is 12.0 Å². The maximum Gasteiger partial charge on any atom is 0.119 e. The summed E-state index contributed by atoms with van der Waals surface area (Å²) in [5.74, 6) is 0.728. The second-order valence-corrected chi connectivity index (χ2v) is 9.59. The number of nitrogens with one attached hydrogen (secondary N) is 1. The van der Waals surface area contributed by atoms with E-state index in [4.69, 9.17) is 14.2 Å². The lowest BCUT2D eigenvalue weighted by molar-refractivity contribution is -0.0328. The van der Waals surface area contributed by atoms with E-state index in [1.165, 1.54) is 16.3 Å². The molecule has 1 heterocycles. The highest BCUT2D eigenvalue weighted by Crippen LogP contribution is 2.30. The third kappa shape index (κ3) is 6.96. The molecular formula is C32H35NO4. The van der Waals surface area contributed by atoms with Crippen molar-refractivity contribution in [1.82, 2.24) is 5.32 Å². The fourth-order valence-electron chi connectivity index (χ4n) is 4.91. The molecule has 5 rings (SSSR count). The van der Waals surface area contributed by atoms with Gasteiger partial charge in [-0.1, -0.05) is 78.9 Å². The molecule has 37 heavy (non-hydrogen) atoms. The van der Waals surface area contributed by atoms with Crippen LogP contribution in [0.3, 0.4) is 0 Å². The maximum atomic E-state index is 10.8. The molecule has 0 aromatic heterocycles. The first-order chi connectivity index (χ1) is 18.3. The summed E-state index contributed by atoms with van der Waals surface area (Å²) >= 11 is 0. The number of hydrogen-bond donors (Lipinski definition) is 2. The van der Waals surface area contributed by atoms with Crippen LogP contribution in [0.2, 0.25) is 0 Å². The van der Waals surface area contributed by atoms with Gasteiger partial charge in [0.1, 0.15) is 5.75 Å². The van der Waals surface area contributed by atoms with Gasteiger partial charge in [-0.05, 0) is 45.7 Å². The van der Waals surface area contributed by atoms with E-state index in [2.05, 4.69) is 59.9 Å². The molecule has 0 radical (unpaired) electrons. The molecule has 0 saturated carbocycles. The Hall–Kier alpha value is -3.22. The average molecular weight is 498 g/mol. The van der Waals surface area contributed by atoms with Gasteiger partial charge in [0.2, 0.25) is 0 Å². The lowest BCUT2D eigenvalue weighted by Gasteiger charge is -2.36. The fourth-order valence-corrected chi connectivity index (χ4v) is 4.91. The van der Waals surface area contributed by atoms with E-state index in [9.17, 15) is 5.11 Å². The standard InChI is InChI=1S/C32H35NO4/c34-30-20-33-21-31(37-23-25-11-12-26-9-4-5-10-28(26)19-25)32(30)27-13-15-29(16-14-27)36-18-6-17-35-22-24-7-2-1-3-8-24/h1-5,7-16,19,30-34H,6,17-18,20-23H2/t30-,31-,32-/m0/s1. The molecule has 5 heteroatoms. The van der Waals surface area contributed by atoms with Crippen molar-refractivity contribution in [2.75, 3.05) is 26.3 Å². The minimum atomic E-state index is -0.510. The van der Waals surface area contributed by atoms with Crippen molar-refractivity contribution in [3.63, 3.8) is 0 Å². The number of benzene rings is 4. The number of aliphatic hydroxyl groups is 1. The van der Waals surface area contributed by atoms with E-state index in [1.807, 2.05) is 42.5 Å². The first-order valence-electron chi connectivity index (χ1n) is 13.1. The number of ether oxygens (including phenoxy) is 3. The van der Waals surface area contributed by atoms with Crippen molar-refractivity contribution < 1.29 is 19.3 Å². The molecule has 0 unspecified atom stereocenters. The maximum absolute atomic E-state index is 10.8. The Labute approximate surface area is 219 Å². The Balaban J connectivity index is 1.12. The molecule has 0 amide bonds. The van der Waals surface area contributed by atoms with Crippen LogP contribution in [-0.4, -0.2) is 43.6 Å². The van der Waals surface area contributed by atoms with E-state index in [0.717, 1.165) is 23.3 Å². The highest BCUT2D eigenvalue weighted by molar-refractivity contribution is 5.82. The summed E-state index contributed by atoms with van der Waals surface area (Å²) in [6.07, 6.45) is 0.194. The molecule has 0 aliphatic carbocycles. The Morgan fingerprint density at radius 3 is 2.35 bits per heavy atom. The van der Waals surface area contributed by atoms with Crippen LogP contribution < -0.4 is 10.1 Å². The number of rotatable bonds is 11. The van der Waals surface area contributed by atoms with Crippen LogP contribution in [-0.2, 0) is 22.7 Å². The van der Waals surface area contributed by atoms with Crippen LogP contribution in [0.4, 0.5) is 0 Å². The van der Waals surface area contributed by atoms with Gasteiger partial charge in [-0.25, -0.2) is 0 Å². The predicted octanol–water partition coefficient (Wildman–Crippen LogP) is 5.46. The van der Waals surface area contributed by atoms with Gasteiger partial charge in [-0.3, -0.25) is 0 Å². The van der Waals surface area contributed by atoms with Crippen LogP contribution in [0.1, 0.15) is 29.0 Å². The predicted molar refractivity (Wildman–Crippen MR) is 147 cm³/mol. The van der Waals surface area contributed by atoms with E-state index in [0.29, 0.717) is 39.5 Å². The Kier molecular flexibility index (Phi) is 8.82. The zero-order valence-electron chi connectivity index (χ0n) is 21.1. The van der Waals surface area contributed by atoms with Gasteiger partial charge in [-0.2, -0.15) is 0 Å². The van der Waals surface area contributed by atoms with Crippen LogP contribution in [0.25, 0.3) is 10.8 Å². The summed E-state index contributed by atoms with van der Waals surface area (Å²) in [6, 6.07) is 33.0. The molecular weight excluding hydrogens is 462 g/mol. The lowest BCUT2D eigenvalue weighted by Crippen LogP contribution is -2.49. The number of β-amino-alcohol motifs (C(OH)–C–C–N with tert-alkyl or cyclic N) is 1. The van der Waals surface area contributed by atoms with Crippen molar-refractivity contribution in [3.05, 3.63) is 114 Å². The Morgan fingerprint density at radius 2 is 1.51 bits per heavy atom. The summed E-state index contributed by atoms with van der Waals surface area (Å²) in [4.78, 5) is 0. The van der Waals surface area contributed by atoms with Crippen molar-refractivity contribution in [1.29, 1.82) is 0 Å². The largest absolute Gasteiger partial charge is 0.494 e. The second kappa shape index (κ2) is 12.8. The quantitative estimate of drug-likeness (QED) is 0.270. The zero-order valence-corrected chi connectivity index (χ0v) is 21.1. The van der Waals surface area contributed by atoms with E-state index >= 15 is 0 Å². The van der Waals surface area contributed by atoms with Gasteiger partial charge in [0.25, 0.3) is 0 Å². The SMILES string of the molecule is O[C@H]1CNC[C@H](OCc2ccc3ccccc3c2)[C@H]1c1ccc(OCCCOCc2ccccc2)cc1. The molecule has 1 aliphatic heterocycles. The van der Waals surface area contributed by atoms with Crippen molar-refractivity contribution in [3.8, 4) is 5.75 Å². The molecule has 5 nitrogen and oxygen atoms in total. The molecule has 1 saturated heterocycles. The van der Waals surface area contributed by atoms with E-state index in [1.54, 1.807) is 0 Å². The second-order valence-electron chi connectivity index (χ2n) is 9.59. The number of fused-ring (bicyclic) bond motifs is 1. The summed E-state index contributed by atoms with van der Waals surface area (Å²) in [5, 5.41) is 16.6. The van der Waals surface area contributed by atoms with Gasteiger partial charge in [0, 0.05) is 25.4 Å². The summed E-state index contributed by atoms with van der Waals surface area (Å²) in [7, 11) is 0. The third-order valence-electron chi connectivity index (χ3n) is 6.87. The summed E-state index contributed by atoms with van der Waals surface area (Å²) < 4.78 is 18.0. The van der Waals surface area contributed by atoms with Crippen molar-refractivity contribution in [2.45, 2.75) is 37.8 Å². The monoisotopic (exact) mass is 497 g/mol. The highest BCUT2D eigenvalue weighted by Gasteiger charge is 2.34. The lowest BCUT2D eigenvalue weighted by atomic mass is 9.85. The number of aliphatic hydroxyl groups excluding tert-OH is 1. The summed E-state index contributed by atoms with van der Waals surface area (Å²) in [6.45, 7) is 3.65. The normalized spacial score (nSPS) is 19.6. The molecule has 4 aromatic rings. The molecule has 2 N–H and O–H groups in total. The van der Waals surface area contributed by atoms with Crippen LogP contribution in [0.5, 0.6) is 5.75 Å². The molecule has 192 valence electrons. The molecule has 1 fully saturated rings. The van der Waals surface area contributed by atoms with Gasteiger partial charge in [-0.15, -0.1) is 0 Å². The average Bonchev–Trinajstić information content (AvgIpc) is 2.95. The van der Waals surface area contributed by atoms with Crippen LogP contribution in [0.15, 0.2) is 97.1 Å². The van der Waals surface area contributed by atoms with Crippen molar-refractivity contribution >= 4 is 10.8 Å². The fraction of sp³-hybridized carbons (Fsp3) is 0.312. The molecule has 0 spiro atoms. The van der Waals surface area contributed by atoms with Gasteiger partial charge >= 0.3 is 0 Å². The van der Waals surface area contributed by atoms with Crippen molar-refractivity contribution in [2.24, 2.45) is 0 Å². The highest BCUT2D eigenvalue weighted by atomic mass is 16.5. The van der Waals surface area contributed by atoms with Crippen LogP contribution in [0, 0.1) is 0 Å². The summed E-state index contributed by atoms with van der Waals surface area (Å²) in [5.41, 5.74) is 3.38. The van der Waals surface area contributed by atoms with Gasteiger partial charge < -0.3 is 24.6 Å².